The van der Waals surface area contributed by atoms with Crippen molar-refractivity contribution >= 4 is 18.4 Å². The molecule has 120 valence electrons. The molecule has 22 heavy (non-hydrogen) atoms. The van der Waals surface area contributed by atoms with Gasteiger partial charge in [0, 0.05) is 5.56 Å². The summed E-state index contributed by atoms with van der Waals surface area (Å²) >= 11 is 0. The minimum Gasteiger partial charge on any atom is -0.496 e. The molecule has 0 aliphatic rings. The van der Waals surface area contributed by atoms with Gasteiger partial charge in [0.25, 0.3) is 0 Å². The Morgan fingerprint density at radius 1 is 1.09 bits per heavy atom. The highest BCUT2D eigenvalue weighted by molar-refractivity contribution is 7.54. The van der Waals surface area contributed by atoms with E-state index in [4.69, 9.17) is 19.5 Å². The highest BCUT2D eigenvalue weighted by Crippen LogP contribution is 2.60. The monoisotopic (exact) mass is 323 g/mol. The molecule has 0 saturated carbocycles. The lowest BCUT2D eigenvalue weighted by molar-refractivity contribution is 0.212. The summed E-state index contributed by atoms with van der Waals surface area (Å²) in [6.45, 7) is 4.05. The van der Waals surface area contributed by atoms with Gasteiger partial charge in [-0.25, -0.2) is 0 Å². The van der Waals surface area contributed by atoms with Crippen LogP contribution in [0, 0.1) is 0 Å². The van der Waals surface area contributed by atoms with Gasteiger partial charge in [0.15, 0.2) is 0 Å². The molecule has 0 fully saturated rings. The van der Waals surface area contributed by atoms with E-state index in [-0.39, 0.29) is 13.2 Å². The summed E-state index contributed by atoms with van der Waals surface area (Å²) in [7, 11) is -1.92. The molecule has 0 unspecified atom stereocenters. The molecule has 2 aromatic rings. The zero-order valence-corrected chi connectivity index (χ0v) is 14.0. The van der Waals surface area contributed by atoms with Gasteiger partial charge in [-0.05, 0) is 30.7 Å². The largest absolute Gasteiger partial charge is 0.496 e. The van der Waals surface area contributed by atoms with Crippen molar-refractivity contribution in [2.75, 3.05) is 20.3 Å². The normalized spacial score (nSPS) is 13.3. The lowest BCUT2D eigenvalue weighted by atomic mass is 10.0. The fraction of sp³-hybridized carbons (Fsp3) is 0.375. The molecule has 2 rings (SSSR count). The third kappa shape index (κ3) is 3.18. The van der Waals surface area contributed by atoms with E-state index in [1.807, 2.05) is 36.4 Å². The second-order valence-corrected chi connectivity index (χ2v) is 6.88. The van der Waals surface area contributed by atoms with E-state index in [0.29, 0.717) is 11.3 Å². The van der Waals surface area contributed by atoms with E-state index in [1.54, 1.807) is 21.0 Å². The van der Waals surface area contributed by atoms with Crippen molar-refractivity contribution in [3.8, 4) is 5.75 Å². The van der Waals surface area contributed by atoms with Crippen molar-refractivity contribution < 1.29 is 18.3 Å². The van der Waals surface area contributed by atoms with E-state index >= 15 is 0 Å². The minimum atomic E-state index is -3.48. The minimum absolute atomic E-state index is 0.262. The molecule has 2 N–H and O–H groups in total. The average Bonchev–Trinajstić information content (AvgIpc) is 2.53. The third-order valence-electron chi connectivity index (χ3n) is 3.41. The summed E-state index contributed by atoms with van der Waals surface area (Å²) in [5, 5.41) is 1.88. The number of methoxy groups -OCH3 is 1. The lowest BCUT2D eigenvalue weighted by Gasteiger charge is -2.25. The zero-order chi connectivity index (χ0) is 16.2. The first-order chi connectivity index (χ1) is 10.6. The van der Waals surface area contributed by atoms with Crippen LogP contribution in [0.2, 0.25) is 0 Å². The van der Waals surface area contributed by atoms with Crippen LogP contribution in [-0.4, -0.2) is 20.3 Å². The van der Waals surface area contributed by atoms with Gasteiger partial charge >= 0.3 is 7.60 Å². The molecule has 0 spiro atoms. The van der Waals surface area contributed by atoms with E-state index in [1.165, 1.54) is 0 Å². The highest BCUT2D eigenvalue weighted by Gasteiger charge is 2.36. The third-order valence-corrected chi connectivity index (χ3v) is 5.58. The Labute approximate surface area is 130 Å². The van der Waals surface area contributed by atoms with Crippen LogP contribution in [0.4, 0.5) is 0 Å². The quantitative estimate of drug-likeness (QED) is 0.778. The second-order valence-electron chi connectivity index (χ2n) is 4.72. The average molecular weight is 323 g/mol. The standard InChI is InChI=1S/C16H22NO4P/c1-4-20-22(18,21-5-2)16(17)15-13-9-7-6-8-12(13)10-11-14(15)19-3/h6-11,16H,4-5,17H2,1-3H3/t16-/m0/s1. The number of hydrogen-bond acceptors (Lipinski definition) is 5. The van der Waals surface area contributed by atoms with Crippen LogP contribution >= 0.6 is 7.60 Å². The van der Waals surface area contributed by atoms with Crippen molar-refractivity contribution in [1.29, 1.82) is 0 Å². The summed E-state index contributed by atoms with van der Waals surface area (Å²) in [6.07, 6.45) is 0. The Hall–Kier alpha value is -1.39. The molecule has 0 saturated heterocycles. The fourth-order valence-corrected chi connectivity index (χ4v) is 4.17. The summed E-state index contributed by atoms with van der Waals surface area (Å²) < 4.78 is 29.2. The SMILES string of the molecule is CCOP(=O)(OCC)[C@H](N)c1c(OC)ccc2ccccc12. The van der Waals surface area contributed by atoms with Gasteiger partial charge in [-0.3, -0.25) is 4.57 Å². The highest BCUT2D eigenvalue weighted by atomic mass is 31.2. The maximum Gasteiger partial charge on any atom is 0.351 e. The number of nitrogens with two attached hydrogens (primary N) is 1. The molecule has 6 heteroatoms. The van der Waals surface area contributed by atoms with Gasteiger partial charge in [-0.2, -0.15) is 0 Å². The summed E-state index contributed by atoms with van der Waals surface area (Å²) in [5.41, 5.74) is 6.94. The van der Waals surface area contributed by atoms with Gasteiger partial charge in [-0.1, -0.05) is 30.3 Å². The molecular weight excluding hydrogens is 301 g/mol. The molecule has 0 radical (unpaired) electrons. The molecule has 0 heterocycles. The number of rotatable bonds is 7. The van der Waals surface area contributed by atoms with Crippen LogP contribution < -0.4 is 10.5 Å². The predicted octanol–water partition coefficient (Wildman–Crippen LogP) is 4.07. The zero-order valence-electron chi connectivity index (χ0n) is 13.1. The van der Waals surface area contributed by atoms with Crippen LogP contribution in [0.5, 0.6) is 5.75 Å². The maximum atomic E-state index is 13.0. The number of fused-ring (bicyclic) bond motifs is 1. The predicted molar refractivity (Wildman–Crippen MR) is 88.3 cm³/mol. The summed E-state index contributed by atoms with van der Waals surface area (Å²) in [4.78, 5) is 0. The summed E-state index contributed by atoms with van der Waals surface area (Å²) in [6, 6.07) is 11.5. The van der Waals surface area contributed by atoms with Crippen molar-refractivity contribution in [3.63, 3.8) is 0 Å². The molecule has 0 aliphatic carbocycles. The molecular formula is C16H22NO4P. The van der Waals surface area contributed by atoms with E-state index in [9.17, 15) is 4.57 Å². The van der Waals surface area contributed by atoms with E-state index in [0.717, 1.165) is 10.8 Å². The Morgan fingerprint density at radius 2 is 1.73 bits per heavy atom. The van der Waals surface area contributed by atoms with Crippen molar-refractivity contribution in [3.05, 3.63) is 42.0 Å². The number of hydrogen-bond donors (Lipinski definition) is 1. The fourth-order valence-electron chi connectivity index (χ4n) is 2.47. The Bertz CT molecular complexity index is 679. The first-order valence-electron chi connectivity index (χ1n) is 7.27. The summed E-state index contributed by atoms with van der Waals surface area (Å²) in [5.74, 6) is -0.334. The Morgan fingerprint density at radius 3 is 2.32 bits per heavy atom. The van der Waals surface area contributed by atoms with Crippen LogP contribution in [-0.2, 0) is 13.6 Å². The van der Waals surface area contributed by atoms with Crippen molar-refractivity contribution in [2.45, 2.75) is 19.6 Å². The van der Waals surface area contributed by atoms with Crippen molar-refractivity contribution in [1.82, 2.24) is 0 Å². The van der Waals surface area contributed by atoms with Gasteiger partial charge in [0.05, 0.1) is 20.3 Å². The van der Waals surface area contributed by atoms with Crippen LogP contribution in [0.1, 0.15) is 25.2 Å². The smallest absolute Gasteiger partial charge is 0.351 e. The molecule has 0 aromatic heterocycles. The molecule has 1 atom stereocenters. The molecule has 5 nitrogen and oxygen atoms in total. The molecule has 0 aliphatic heterocycles. The lowest BCUT2D eigenvalue weighted by Crippen LogP contribution is -2.16. The van der Waals surface area contributed by atoms with Crippen LogP contribution in [0.15, 0.2) is 36.4 Å². The van der Waals surface area contributed by atoms with Gasteiger partial charge in [-0.15, -0.1) is 0 Å². The van der Waals surface area contributed by atoms with Gasteiger partial charge < -0.3 is 19.5 Å². The second kappa shape index (κ2) is 7.25. The van der Waals surface area contributed by atoms with Gasteiger partial charge in [0.2, 0.25) is 0 Å². The van der Waals surface area contributed by atoms with E-state index in [2.05, 4.69) is 0 Å². The first kappa shape index (κ1) is 17.0. The number of ether oxygens (including phenoxy) is 1. The van der Waals surface area contributed by atoms with Gasteiger partial charge in [0.1, 0.15) is 11.5 Å². The Kier molecular flexibility index (Phi) is 5.59. The van der Waals surface area contributed by atoms with Crippen LogP contribution in [0.3, 0.4) is 0 Å². The Balaban J connectivity index is 2.63. The molecule has 0 bridgehead atoms. The molecule has 0 amide bonds. The van der Waals surface area contributed by atoms with Crippen LogP contribution in [0.25, 0.3) is 10.8 Å². The van der Waals surface area contributed by atoms with E-state index < -0.39 is 13.4 Å². The maximum absolute atomic E-state index is 13.0. The molecule has 2 aromatic carbocycles. The first-order valence-corrected chi connectivity index (χ1v) is 8.88. The number of benzene rings is 2. The van der Waals surface area contributed by atoms with Crippen molar-refractivity contribution in [2.24, 2.45) is 5.73 Å². The topological polar surface area (TPSA) is 70.8 Å².